The maximum Gasteiger partial charge on any atom is 0.242 e. The number of carbonyl (C=O) groups excluding carboxylic acids is 2. The summed E-state index contributed by atoms with van der Waals surface area (Å²) >= 11 is 5.94. The highest BCUT2D eigenvalue weighted by Gasteiger charge is 2.27. The van der Waals surface area contributed by atoms with E-state index in [1.807, 2.05) is 13.8 Å². The van der Waals surface area contributed by atoms with Crippen molar-refractivity contribution in [2.75, 3.05) is 17.1 Å². The lowest BCUT2D eigenvalue weighted by Crippen LogP contribution is -2.49. The van der Waals surface area contributed by atoms with E-state index in [4.69, 9.17) is 11.6 Å². The molecular formula is C24H30ClF2N3O4S. The first-order valence-electron chi connectivity index (χ1n) is 11.1. The first-order chi connectivity index (χ1) is 16.3. The van der Waals surface area contributed by atoms with Crippen molar-refractivity contribution in [1.82, 2.24) is 10.2 Å². The molecule has 0 bridgehead atoms. The van der Waals surface area contributed by atoms with Crippen LogP contribution in [0.1, 0.15) is 39.2 Å². The Labute approximate surface area is 210 Å². The largest absolute Gasteiger partial charge is 0.352 e. The van der Waals surface area contributed by atoms with E-state index < -0.39 is 27.7 Å². The van der Waals surface area contributed by atoms with E-state index in [1.54, 1.807) is 31.2 Å². The average molecular weight is 530 g/mol. The molecule has 192 valence electrons. The van der Waals surface area contributed by atoms with E-state index in [1.165, 1.54) is 4.90 Å². The number of carbonyl (C=O) groups is 2. The molecule has 1 unspecified atom stereocenters. The van der Waals surface area contributed by atoms with Crippen LogP contribution in [0, 0.1) is 11.6 Å². The summed E-state index contributed by atoms with van der Waals surface area (Å²) < 4.78 is 52.4. The fourth-order valence-electron chi connectivity index (χ4n) is 3.42. The van der Waals surface area contributed by atoms with E-state index in [0.717, 1.165) is 34.3 Å². The average Bonchev–Trinajstić information content (AvgIpc) is 2.76. The highest BCUT2D eigenvalue weighted by molar-refractivity contribution is 7.92. The Kier molecular flexibility index (Phi) is 10.0. The van der Waals surface area contributed by atoms with Crippen molar-refractivity contribution in [3.05, 3.63) is 64.7 Å². The Morgan fingerprint density at radius 1 is 1.03 bits per heavy atom. The Balaban J connectivity index is 2.18. The Hall–Kier alpha value is -2.72. The van der Waals surface area contributed by atoms with Crippen LogP contribution < -0.4 is 9.62 Å². The van der Waals surface area contributed by atoms with Gasteiger partial charge in [-0.25, -0.2) is 17.2 Å². The lowest BCUT2D eigenvalue weighted by molar-refractivity contribution is -0.140. The molecule has 11 heteroatoms. The Morgan fingerprint density at radius 2 is 1.66 bits per heavy atom. The molecule has 0 spiro atoms. The molecule has 1 N–H and O–H groups in total. The zero-order valence-electron chi connectivity index (χ0n) is 20.1. The van der Waals surface area contributed by atoms with Gasteiger partial charge in [0.15, 0.2) is 11.6 Å². The minimum atomic E-state index is -3.82. The molecule has 0 aliphatic rings. The number of nitrogens with one attached hydrogen (secondary N) is 1. The number of hydrogen-bond donors (Lipinski definition) is 1. The van der Waals surface area contributed by atoms with Crippen LogP contribution in [0.15, 0.2) is 42.5 Å². The normalized spacial score (nSPS) is 12.3. The summed E-state index contributed by atoms with van der Waals surface area (Å²) in [5, 5.41) is 3.33. The molecule has 0 aliphatic heterocycles. The molecule has 2 amide bonds. The number of halogens is 3. The van der Waals surface area contributed by atoms with E-state index in [9.17, 15) is 26.8 Å². The predicted octanol–water partition coefficient (Wildman–Crippen LogP) is 4.11. The summed E-state index contributed by atoms with van der Waals surface area (Å²) in [6, 6.07) is 8.78. The summed E-state index contributed by atoms with van der Waals surface area (Å²) in [4.78, 5) is 27.2. The van der Waals surface area contributed by atoms with Gasteiger partial charge in [0.2, 0.25) is 21.8 Å². The van der Waals surface area contributed by atoms with Crippen molar-refractivity contribution in [2.45, 2.75) is 52.2 Å². The van der Waals surface area contributed by atoms with Crippen molar-refractivity contribution >= 4 is 39.1 Å². The molecule has 1 atom stereocenters. The summed E-state index contributed by atoms with van der Waals surface area (Å²) in [6.07, 6.45) is 0.977. The second-order valence-corrected chi connectivity index (χ2v) is 10.9. The molecule has 7 nitrogen and oxygen atoms in total. The second-order valence-electron chi connectivity index (χ2n) is 8.52. The first kappa shape index (κ1) is 28.5. The van der Waals surface area contributed by atoms with Crippen LogP contribution in [0.25, 0.3) is 0 Å². The lowest BCUT2D eigenvalue weighted by atomic mass is 10.1. The molecule has 0 aliphatic carbocycles. The third-order valence-electron chi connectivity index (χ3n) is 5.21. The van der Waals surface area contributed by atoms with Crippen molar-refractivity contribution in [1.29, 1.82) is 0 Å². The molecule has 0 heterocycles. The molecule has 2 rings (SSSR count). The molecule has 0 radical (unpaired) electrons. The Morgan fingerprint density at radius 3 is 2.20 bits per heavy atom. The van der Waals surface area contributed by atoms with E-state index >= 15 is 0 Å². The van der Waals surface area contributed by atoms with Gasteiger partial charge in [0, 0.05) is 36.6 Å². The minimum Gasteiger partial charge on any atom is -0.352 e. The van der Waals surface area contributed by atoms with Crippen molar-refractivity contribution in [2.24, 2.45) is 0 Å². The first-order valence-corrected chi connectivity index (χ1v) is 13.3. The topological polar surface area (TPSA) is 86.8 Å². The predicted molar refractivity (Wildman–Crippen MR) is 133 cm³/mol. The number of nitrogens with zero attached hydrogens (tertiary/aromatic N) is 2. The van der Waals surface area contributed by atoms with Gasteiger partial charge in [0.25, 0.3) is 0 Å². The van der Waals surface area contributed by atoms with Crippen LogP contribution >= 0.6 is 11.6 Å². The van der Waals surface area contributed by atoms with Gasteiger partial charge in [-0.15, -0.1) is 0 Å². The van der Waals surface area contributed by atoms with Crippen LogP contribution in [-0.4, -0.2) is 50.0 Å². The molecule has 0 fully saturated rings. The minimum absolute atomic E-state index is 0.0402. The van der Waals surface area contributed by atoms with Crippen molar-refractivity contribution in [3.63, 3.8) is 0 Å². The quantitative estimate of drug-likeness (QED) is 0.474. The molecule has 0 aromatic heterocycles. The standard InChI is InChI=1S/C24H30ClF2N3O4S/c1-16(2)28-24(32)17(3)29(15-18-7-9-19(25)10-8-18)23(31)6-5-13-30(35(4,33)34)20-11-12-21(26)22(27)14-20/h7-12,14,16-17H,5-6,13,15H2,1-4H3,(H,28,32). The fourth-order valence-corrected chi connectivity index (χ4v) is 4.50. The van der Waals surface area contributed by atoms with E-state index in [0.29, 0.717) is 5.02 Å². The van der Waals surface area contributed by atoms with Crippen molar-refractivity contribution in [3.8, 4) is 0 Å². The van der Waals surface area contributed by atoms with Crippen LogP contribution in [0.2, 0.25) is 5.02 Å². The van der Waals surface area contributed by atoms with Gasteiger partial charge in [-0.2, -0.15) is 0 Å². The molecular weight excluding hydrogens is 500 g/mol. The zero-order valence-corrected chi connectivity index (χ0v) is 21.7. The van der Waals surface area contributed by atoms with Crippen LogP contribution in [0.4, 0.5) is 14.5 Å². The maximum atomic E-state index is 13.7. The zero-order chi connectivity index (χ0) is 26.3. The lowest BCUT2D eigenvalue weighted by Gasteiger charge is -2.30. The smallest absolute Gasteiger partial charge is 0.242 e. The van der Waals surface area contributed by atoms with E-state index in [2.05, 4.69) is 5.32 Å². The molecule has 0 saturated heterocycles. The van der Waals surface area contributed by atoms with Crippen LogP contribution in [0.3, 0.4) is 0 Å². The highest BCUT2D eigenvalue weighted by atomic mass is 35.5. The van der Waals surface area contributed by atoms with Crippen LogP contribution in [0.5, 0.6) is 0 Å². The van der Waals surface area contributed by atoms with Crippen molar-refractivity contribution < 1.29 is 26.8 Å². The third kappa shape index (κ3) is 8.47. The monoisotopic (exact) mass is 529 g/mol. The molecule has 35 heavy (non-hydrogen) atoms. The van der Waals surface area contributed by atoms with Gasteiger partial charge in [-0.05, 0) is 57.0 Å². The number of anilines is 1. The summed E-state index contributed by atoms with van der Waals surface area (Å²) in [6.45, 7) is 5.27. The second kappa shape index (κ2) is 12.3. The summed E-state index contributed by atoms with van der Waals surface area (Å²) in [7, 11) is -3.82. The SMILES string of the molecule is CC(C)NC(=O)C(C)N(Cc1ccc(Cl)cc1)C(=O)CCCN(c1ccc(F)c(F)c1)S(C)(=O)=O. The van der Waals surface area contributed by atoms with Gasteiger partial charge < -0.3 is 10.2 Å². The number of sulfonamides is 1. The number of hydrogen-bond acceptors (Lipinski definition) is 4. The highest BCUT2D eigenvalue weighted by Crippen LogP contribution is 2.22. The number of rotatable bonds is 11. The van der Waals surface area contributed by atoms with Gasteiger partial charge in [-0.3, -0.25) is 13.9 Å². The molecule has 2 aromatic carbocycles. The van der Waals surface area contributed by atoms with E-state index in [-0.39, 0.29) is 49.5 Å². The summed E-state index contributed by atoms with van der Waals surface area (Å²) in [5.74, 6) is -2.94. The molecule has 0 saturated carbocycles. The van der Waals surface area contributed by atoms with Gasteiger partial charge in [0.05, 0.1) is 11.9 Å². The fraction of sp³-hybridized carbons (Fsp3) is 0.417. The number of benzene rings is 2. The van der Waals surface area contributed by atoms with Gasteiger partial charge in [0.1, 0.15) is 6.04 Å². The maximum absolute atomic E-state index is 13.7. The van der Waals surface area contributed by atoms with Crippen LogP contribution in [-0.2, 0) is 26.2 Å². The van der Waals surface area contributed by atoms with Gasteiger partial charge >= 0.3 is 0 Å². The Bertz CT molecular complexity index is 1140. The summed E-state index contributed by atoms with van der Waals surface area (Å²) in [5.41, 5.74) is 0.730. The third-order valence-corrected chi connectivity index (χ3v) is 6.65. The van der Waals surface area contributed by atoms with Gasteiger partial charge in [-0.1, -0.05) is 23.7 Å². The number of amides is 2. The molecule has 2 aromatic rings.